The average Bonchev–Trinajstić information content (AvgIpc) is 3.60. The molecule has 0 saturated carbocycles. The van der Waals surface area contributed by atoms with Gasteiger partial charge in [-0.15, -0.1) is 0 Å². The van der Waals surface area contributed by atoms with Gasteiger partial charge in [0.05, 0.1) is 48.4 Å². The number of carbonyl (C=O) groups is 1. The maximum Gasteiger partial charge on any atom is 0.247 e. The summed E-state index contributed by atoms with van der Waals surface area (Å²) in [7, 11) is 7.58. The van der Waals surface area contributed by atoms with E-state index in [1.807, 2.05) is 59.4 Å². The molecule has 2 aromatic carbocycles. The summed E-state index contributed by atoms with van der Waals surface area (Å²) in [5.41, 5.74) is 6.31. The van der Waals surface area contributed by atoms with Crippen molar-refractivity contribution in [3.05, 3.63) is 72.6 Å². The van der Waals surface area contributed by atoms with Gasteiger partial charge < -0.3 is 34.6 Å². The summed E-state index contributed by atoms with van der Waals surface area (Å²) in [6.45, 7) is 9.07. The molecular formula is C33H40N8O4. The van der Waals surface area contributed by atoms with E-state index in [0.29, 0.717) is 28.7 Å². The van der Waals surface area contributed by atoms with Crippen LogP contribution in [0.3, 0.4) is 0 Å². The monoisotopic (exact) mass is 612 g/mol. The number of fused-ring (bicyclic) bond motifs is 3. The number of likely N-dealkylation sites (N-methyl/N-ethyl adjacent to an activating group) is 2. The number of rotatable bonds is 14. The van der Waals surface area contributed by atoms with E-state index in [-0.39, 0.29) is 24.8 Å². The summed E-state index contributed by atoms with van der Waals surface area (Å²) in [6, 6.07) is 11.9. The van der Waals surface area contributed by atoms with Crippen molar-refractivity contribution in [2.45, 2.75) is 26.4 Å². The third-order valence-corrected chi connectivity index (χ3v) is 7.35. The molecule has 0 saturated heterocycles. The molecule has 12 nitrogen and oxygen atoms in total. The first-order valence-corrected chi connectivity index (χ1v) is 14.7. The van der Waals surface area contributed by atoms with Crippen LogP contribution in [0.4, 0.5) is 23.0 Å². The summed E-state index contributed by atoms with van der Waals surface area (Å²) in [5.74, 6) is 1.37. The van der Waals surface area contributed by atoms with Crippen LogP contribution in [0.15, 0.2) is 61.4 Å². The molecule has 0 unspecified atom stereocenters. The second kappa shape index (κ2) is 13.8. The van der Waals surface area contributed by atoms with Gasteiger partial charge in [-0.1, -0.05) is 30.8 Å². The Morgan fingerprint density at radius 3 is 2.62 bits per heavy atom. The number of benzene rings is 2. The highest BCUT2D eigenvalue weighted by atomic mass is 16.7. The highest BCUT2D eigenvalue weighted by Crippen LogP contribution is 2.40. The van der Waals surface area contributed by atoms with Crippen LogP contribution < -0.4 is 25.0 Å². The lowest BCUT2D eigenvalue weighted by Crippen LogP contribution is -2.29. The highest BCUT2D eigenvalue weighted by molar-refractivity contribution is 6.02. The summed E-state index contributed by atoms with van der Waals surface area (Å²) in [5, 5.41) is 10.9. The van der Waals surface area contributed by atoms with Crippen molar-refractivity contribution in [2.75, 3.05) is 63.7 Å². The number of ether oxygens (including phenoxy) is 3. The lowest BCUT2D eigenvalue weighted by molar-refractivity contribution is -0.111. The molecule has 1 aliphatic carbocycles. The molecule has 4 aromatic rings. The number of amides is 1. The predicted octanol–water partition coefficient (Wildman–Crippen LogP) is 4.87. The van der Waals surface area contributed by atoms with Crippen molar-refractivity contribution in [3.63, 3.8) is 0 Å². The molecule has 0 fully saturated rings. The topological polar surface area (TPSA) is 119 Å². The number of methoxy groups -OCH3 is 1. The summed E-state index contributed by atoms with van der Waals surface area (Å²) >= 11 is 0. The average molecular weight is 613 g/mol. The van der Waals surface area contributed by atoms with Gasteiger partial charge in [-0.3, -0.25) is 4.79 Å². The number of hydrogen-bond donors (Lipinski definition) is 2. The van der Waals surface area contributed by atoms with E-state index in [0.717, 1.165) is 42.0 Å². The molecule has 45 heavy (non-hydrogen) atoms. The van der Waals surface area contributed by atoms with E-state index in [4.69, 9.17) is 24.3 Å². The molecule has 2 N–H and O–H groups in total. The van der Waals surface area contributed by atoms with Crippen LogP contribution in [-0.2, 0) is 16.0 Å². The Morgan fingerprint density at radius 2 is 1.89 bits per heavy atom. The van der Waals surface area contributed by atoms with Gasteiger partial charge in [-0.25, -0.2) is 9.67 Å². The van der Waals surface area contributed by atoms with Gasteiger partial charge >= 0.3 is 0 Å². The fourth-order valence-electron chi connectivity index (χ4n) is 5.01. The molecule has 0 bridgehead atoms. The lowest BCUT2D eigenvalue weighted by atomic mass is 10.1. The van der Waals surface area contributed by atoms with Crippen molar-refractivity contribution in [3.8, 4) is 28.6 Å². The molecule has 0 aliphatic heterocycles. The fourth-order valence-corrected chi connectivity index (χ4v) is 5.01. The van der Waals surface area contributed by atoms with Crippen LogP contribution >= 0.6 is 0 Å². The smallest absolute Gasteiger partial charge is 0.247 e. The van der Waals surface area contributed by atoms with Crippen LogP contribution in [0.25, 0.3) is 17.1 Å². The third kappa shape index (κ3) is 7.08. The van der Waals surface area contributed by atoms with Crippen LogP contribution in [0.1, 0.15) is 25.0 Å². The first-order chi connectivity index (χ1) is 21.7. The number of aromatic nitrogens is 4. The summed E-state index contributed by atoms with van der Waals surface area (Å²) in [6.07, 6.45) is 5.48. The Hall–Kier alpha value is -4.94. The van der Waals surface area contributed by atoms with Gasteiger partial charge in [0.1, 0.15) is 5.75 Å². The van der Waals surface area contributed by atoms with Crippen molar-refractivity contribution >= 4 is 28.9 Å². The molecule has 2 heterocycles. The first kappa shape index (κ1) is 31.5. The van der Waals surface area contributed by atoms with Crippen LogP contribution in [0.5, 0.6) is 11.5 Å². The van der Waals surface area contributed by atoms with Crippen LogP contribution in [-0.4, -0.2) is 84.8 Å². The number of carbonyl (C=O) groups excluding carboxylic acids is 1. The molecule has 236 valence electrons. The minimum atomic E-state index is -0.329. The third-order valence-electron chi connectivity index (χ3n) is 7.35. The molecule has 1 amide bonds. The Balaban J connectivity index is 1.54. The Labute approximate surface area is 263 Å². The Kier molecular flexibility index (Phi) is 9.65. The molecule has 0 spiro atoms. The van der Waals surface area contributed by atoms with Gasteiger partial charge in [-0.2, -0.15) is 10.1 Å². The zero-order chi connectivity index (χ0) is 32.1. The quantitative estimate of drug-likeness (QED) is 0.133. The maximum absolute atomic E-state index is 12.4. The van der Waals surface area contributed by atoms with Gasteiger partial charge in [0.25, 0.3) is 0 Å². The molecule has 0 atom stereocenters. The van der Waals surface area contributed by atoms with Gasteiger partial charge in [0.15, 0.2) is 12.5 Å². The Morgan fingerprint density at radius 1 is 1.09 bits per heavy atom. The number of nitrogens with zero attached hydrogens (tertiary/aromatic N) is 6. The van der Waals surface area contributed by atoms with E-state index in [9.17, 15) is 4.79 Å². The van der Waals surface area contributed by atoms with Gasteiger partial charge in [0, 0.05) is 43.8 Å². The maximum atomic E-state index is 12.4. The standard InChI is InChI=1S/C33H40N8O4/c1-8-30(42)36-25-16-26(28(43-7)17-27(25)40(6)14-13-39(4)5)37-33-34-19-29(45-20-44-21(2)3)32(38-33)41-31-23(18-35-41)15-22-11-9-10-12-24(22)31/h8-12,16-19,21H,1,13-15,20H2,2-7H3,(H,36,42)(H,34,37,38). The summed E-state index contributed by atoms with van der Waals surface area (Å²) < 4.78 is 19.2. The number of nitrogens with one attached hydrogen (secondary N) is 2. The highest BCUT2D eigenvalue weighted by Gasteiger charge is 2.26. The van der Waals surface area contributed by atoms with Crippen molar-refractivity contribution in [2.24, 2.45) is 0 Å². The van der Waals surface area contributed by atoms with Gasteiger partial charge in [-0.05, 0) is 45.6 Å². The molecule has 5 rings (SSSR count). The van der Waals surface area contributed by atoms with E-state index < -0.39 is 0 Å². The van der Waals surface area contributed by atoms with Crippen molar-refractivity contribution < 1.29 is 19.0 Å². The second-order valence-corrected chi connectivity index (χ2v) is 11.2. The Bertz CT molecular complexity index is 1680. The molecule has 12 heteroatoms. The SMILES string of the molecule is C=CC(=O)Nc1cc(Nc2ncc(OCOC(C)C)c(-n3ncc4c3-c3ccccc3C4)n2)c(OC)cc1N(C)CCN(C)C. The number of anilines is 4. The molecular weight excluding hydrogens is 572 g/mol. The normalized spacial score (nSPS) is 11.7. The van der Waals surface area contributed by atoms with E-state index in [1.54, 1.807) is 24.1 Å². The minimum absolute atomic E-state index is 0.00993. The van der Waals surface area contributed by atoms with Crippen LogP contribution in [0.2, 0.25) is 0 Å². The zero-order valence-corrected chi connectivity index (χ0v) is 26.6. The van der Waals surface area contributed by atoms with Crippen molar-refractivity contribution in [1.29, 1.82) is 0 Å². The largest absolute Gasteiger partial charge is 0.494 e. The first-order valence-electron chi connectivity index (χ1n) is 14.7. The van der Waals surface area contributed by atoms with E-state index >= 15 is 0 Å². The second-order valence-electron chi connectivity index (χ2n) is 11.2. The minimum Gasteiger partial charge on any atom is -0.494 e. The van der Waals surface area contributed by atoms with E-state index in [1.165, 1.54) is 11.6 Å². The molecule has 1 aliphatic rings. The van der Waals surface area contributed by atoms with E-state index in [2.05, 4.69) is 44.1 Å². The van der Waals surface area contributed by atoms with Crippen LogP contribution in [0, 0.1) is 0 Å². The number of hydrogen-bond acceptors (Lipinski definition) is 10. The molecule has 0 radical (unpaired) electrons. The predicted molar refractivity (Wildman–Crippen MR) is 176 cm³/mol. The van der Waals surface area contributed by atoms with Gasteiger partial charge in [0.2, 0.25) is 17.7 Å². The fraction of sp³-hybridized carbons (Fsp3) is 0.333. The summed E-state index contributed by atoms with van der Waals surface area (Å²) in [4.78, 5) is 26.0. The lowest BCUT2D eigenvalue weighted by Gasteiger charge is -2.26. The zero-order valence-electron chi connectivity index (χ0n) is 26.6. The van der Waals surface area contributed by atoms with Crippen molar-refractivity contribution in [1.82, 2.24) is 24.6 Å². The molecule has 2 aromatic heterocycles.